The van der Waals surface area contributed by atoms with E-state index in [2.05, 4.69) is 4.74 Å². The van der Waals surface area contributed by atoms with E-state index < -0.39 is 6.16 Å². The van der Waals surface area contributed by atoms with Crippen LogP contribution in [0.3, 0.4) is 0 Å². The Morgan fingerprint density at radius 3 is 2.00 bits per heavy atom. The Kier molecular flexibility index (Phi) is 2.19. The van der Waals surface area contributed by atoms with E-state index in [0.717, 1.165) is 25.7 Å². The average molecular weight is 223 g/mol. The molecule has 0 N–H and O–H groups in total. The van der Waals surface area contributed by atoms with Crippen molar-refractivity contribution in [2.75, 3.05) is 0 Å². The molecule has 16 heavy (non-hydrogen) atoms. The predicted molar refractivity (Wildman–Crippen MR) is 54.2 cm³/mol. The molecule has 4 nitrogen and oxygen atoms in total. The van der Waals surface area contributed by atoms with Crippen LogP contribution in [0.4, 0.5) is 4.79 Å². The summed E-state index contributed by atoms with van der Waals surface area (Å²) in [6.07, 6.45) is 5.84. The summed E-state index contributed by atoms with van der Waals surface area (Å²) in [5, 5.41) is 0. The van der Waals surface area contributed by atoms with Crippen LogP contribution in [0.15, 0.2) is 0 Å². The van der Waals surface area contributed by atoms with Gasteiger partial charge < -0.3 is 9.47 Å². The number of ether oxygens (including phenoxy) is 2. The lowest BCUT2D eigenvalue weighted by Crippen LogP contribution is -2.52. The standard InChI is InChI=1S/C12H15O4/c13-7-15-11(14)16-12-4-8-1-9(5-12)3-10(2-8)6-12/h8-10H,1-6H2. The lowest BCUT2D eigenvalue weighted by molar-refractivity contribution is -0.136. The number of hydrogen-bond acceptors (Lipinski definition) is 4. The minimum absolute atomic E-state index is 0.331. The summed E-state index contributed by atoms with van der Waals surface area (Å²) in [6.45, 7) is 1.13. The summed E-state index contributed by atoms with van der Waals surface area (Å²) < 4.78 is 9.48. The second-order valence-electron chi connectivity index (χ2n) is 5.64. The molecule has 4 bridgehead atoms. The molecule has 87 valence electrons. The molecule has 0 aromatic carbocycles. The summed E-state index contributed by atoms with van der Waals surface area (Å²) in [5.74, 6) is 2.12. The molecule has 0 amide bonds. The van der Waals surface area contributed by atoms with Crippen molar-refractivity contribution in [3.8, 4) is 0 Å². The topological polar surface area (TPSA) is 52.6 Å². The molecular weight excluding hydrogens is 208 g/mol. The Morgan fingerprint density at radius 2 is 1.56 bits per heavy atom. The molecule has 0 aliphatic heterocycles. The number of carbonyl (C=O) groups excluding carboxylic acids is 2. The Balaban J connectivity index is 1.73. The fraction of sp³-hybridized carbons (Fsp3) is 0.833. The maximum absolute atomic E-state index is 11.2. The van der Waals surface area contributed by atoms with Crippen LogP contribution in [0, 0.1) is 17.8 Å². The molecular formula is C12H15O4. The summed E-state index contributed by atoms with van der Waals surface area (Å²) >= 11 is 0. The Hall–Kier alpha value is -1.06. The van der Waals surface area contributed by atoms with Crippen molar-refractivity contribution in [1.82, 2.24) is 0 Å². The van der Waals surface area contributed by atoms with Crippen molar-refractivity contribution in [2.24, 2.45) is 17.8 Å². The van der Waals surface area contributed by atoms with E-state index in [9.17, 15) is 9.59 Å². The van der Waals surface area contributed by atoms with Gasteiger partial charge in [-0.25, -0.2) is 9.59 Å². The van der Waals surface area contributed by atoms with Gasteiger partial charge in [-0.3, -0.25) is 0 Å². The van der Waals surface area contributed by atoms with E-state index in [4.69, 9.17) is 4.74 Å². The van der Waals surface area contributed by atoms with E-state index in [1.165, 1.54) is 19.3 Å². The molecule has 4 saturated carbocycles. The molecule has 0 atom stereocenters. The van der Waals surface area contributed by atoms with Gasteiger partial charge in [0.2, 0.25) is 0 Å². The average Bonchev–Trinajstić information content (AvgIpc) is 2.13. The normalized spacial score (nSPS) is 44.1. The first-order valence-corrected chi connectivity index (χ1v) is 5.96. The number of rotatable bonds is 2. The molecule has 0 spiro atoms. The van der Waals surface area contributed by atoms with Crippen molar-refractivity contribution < 1.29 is 19.1 Å². The van der Waals surface area contributed by atoms with E-state index in [0.29, 0.717) is 17.8 Å². The van der Waals surface area contributed by atoms with E-state index >= 15 is 0 Å². The molecule has 1 radical (unpaired) electrons. The van der Waals surface area contributed by atoms with Gasteiger partial charge in [0.05, 0.1) is 0 Å². The monoisotopic (exact) mass is 223 g/mol. The van der Waals surface area contributed by atoms with E-state index in [1.54, 1.807) is 0 Å². The van der Waals surface area contributed by atoms with Crippen LogP contribution in [0.25, 0.3) is 0 Å². The summed E-state index contributed by atoms with van der Waals surface area (Å²) in [4.78, 5) is 21.2. The highest BCUT2D eigenvalue weighted by Gasteiger charge is 2.53. The first kappa shape index (κ1) is 10.1. The molecule has 4 aliphatic rings. The SMILES string of the molecule is O=[C]OC(=O)OC12CC3CC(CC(C3)C1)C2. The van der Waals surface area contributed by atoms with Gasteiger partial charge in [-0.1, -0.05) is 0 Å². The fourth-order valence-corrected chi connectivity index (χ4v) is 4.39. The van der Waals surface area contributed by atoms with Crippen LogP contribution in [0.5, 0.6) is 0 Å². The van der Waals surface area contributed by atoms with Crippen LogP contribution in [-0.4, -0.2) is 18.2 Å². The van der Waals surface area contributed by atoms with Crippen LogP contribution in [0.1, 0.15) is 38.5 Å². The highest BCUT2D eigenvalue weighted by Crippen LogP contribution is 2.57. The van der Waals surface area contributed by atoms with Gasteiger partial charge in [0.25, 0.3) is 0 Å². The third-order valence-corrected chi connectivity index (χ3v) is 4.41. The lowest BCUT2D eigenvalue weighted by atomic mass is 9.54. The summed E-state index contributed by atoms with van der Waals surface area (Å²) in [7, 11) is 0. The van der Waals surface area contributed by atoms with Crippen LogP contribution in [0.2, 0.25) is 0 Å². The van der Waals surface area contributed by atoms with Gasteiger partial charge in [0, 0.05) is 0 Å². The Morgan fingerprint density at radius 1 is 1.06 bits per heavy atom. The van der Waals surface area contributed by atoms with Gasteiger partial charge in [-0.2, -0.15) is 0 Å². The maximum atomic E-state index is 11.2. The lowest BCUT2D eigenvalue weighted by Gasteiger charge is -2.55. The van der Waals surface area contributed by atoms with Crippen molar-refractivity contribution in [1.29, 1.82) is 0 Å². The minimum atomic E-state index is -0.878. The molecule has 0 unspecified atom stereocenters. The summed E-state index contributed by atoms with van der Waals surface area (Å²) in [6, 6.07) is 0. The molecule has 4 fully saturated rings. The van der Waals surface area contributed by atoms with Crippen LogP contribution >= 0.6 is 0 Å². The van der Waals surface area contributed by atoms with E-state index in [-0.39, 0.29) is 5.60 Å². The molecule has 0 saturated heterocycles. The molecule has 4 aliphatic carbocycles. The van der Waals surface area contributed by atoms with Crippen LogP contribution < -0.4 is 0 Å². The molecule has 0 heterocycles. The maximum Gasteiger partial charge on any atom is 0.517 e. The Bertz CT molecular complexity index is 288. The Labute approximate surface area is 94.3 Å². The van der Waals surface area contributed by atoms with Crippen molar-refractivity contribution in [3.05, 3.63) is 0 Å². The quantitative estimate of drug-likeness (QED) is 0.532. The largest absolute Gasteiger partial charge is 0.517 e. The van der Waals surface area contributed by atoms with Crippen molar-refractivity contribution in [2.45, 2.75) is 44.1 Å². The smallest absolute Gasteiger partial charge is 0.427 e. The van der Waals surface area contributed by atoms with Crippen LogP contribution in [-0.2, 0) is 14.3 Å². The highest BCUT2D eigenvalue weighted by atomic mass is 16.7. The fourth-order valence-electron chi connectivity index (χ4n) is 4.39. The third-order valence-electron chi connectivity index (χ3n) is 4.41. The second kappa shape index (κ2) is 3.47. The molecule has 4 rings (SSSR count). The van der Waals surface area contributed by atoms with Crippen molar-refractivity contribution in [3.63, 3.8) is 0 Å². The highest BCUT2D eigenvalue weighted by molar-refractivity contribution is 5.69. The third kappa shape index (κ3) is 1.60. The second-order valence-corrected chi connectivity index (χ2v) is 5.64. The van der Waals surface area contributed by atoms with Gasteiger partial charge >= 0.3 is 12.6 Å². The predicted octanol–water partition coefficient (Wildman–Crippen LogP) is 2.18. The molecule has 0 aromatic heterocycles. The zero-order valence-electron chi connectivity index (χ0n) is 9.11. The zero-order chi connectivity index (χ0) is 11.2. The molecule has 0 aromatic rings. The van der Waals surface area contributed by atoms with E-state index in [1.807, 2.05) is 0 Å². The van der Waals surface area contributed by atoms with Gasteiger partial charge in [0.15, 0.2) is 0 Å². The van der Waals surface area contributed by atoms with Crippen molar-refractivity contribution >= 4 is 12.6 Å². The number of hydrogen-bond donors (Lipinski definition) is 0. The zero-order valence-corrected chi connectivity index (χ0v) is 9.11. The molecule has 4 heteroatoms. The van der Waals surface area contributed by atoms with Gasteiger partial charge in [0.1, 0.15) is 5.60 Å². The first-order chi connectivity index (χ1) is 7.69. The number of carbonyl (C=O) groups is 1. The minimum Gasteiger partial charge on any atom is -0.427 e. The first-order valence-electron chi connectivity index (χ1n) is 5.96. The summed E-state index contributed by atoms with van der Waals surface area (Å²) in [5.41, 5.74) is -0.331. The van der Waals surface area contributed by atoms with Gasteiger partial charge in [-0.15, -0.1) is 0 Å². The van der Waals surface area contributed by atoms with Gasteiger partial charge in [-0.05, 0) is 56.3 Å².